The fourth-order valence-electron chi connectivity index (χ4n) is 0.494. The summed E-state index contributed by atoms with van der Waals surface area (Å²) in [5.74, 6) is 4.68. The van der Waals surface area contributed by atoms with Crippen molar-refractivity contribution >= 4 is 28.6 Å². The highest BCUT2D eigenvalue weighted by molar-refractivity contribution is 14.1. The van der Waals surface area contributed by atoms with Crippen LogP contribution in [0.25, 0.3) is 0 Å². The largest absolute Gasteiger partial charge is 0.459 e. The number of halogens is 1. The number of hydrogen-bond donors (Lipinski definition) is 0. The van der Waals surface area contributed by atoms with Crippen molar-refractivity contribution in [1.82, 2.24) is 0 Å². The van der Waals surface area contributed by atoms with E-state index >= 15 is 0 Å². The highest BCUT2D eigenvalue weighted by atomic mass is 127. The van der Waals surface area contributed by atoms with Crippen molar-refractivity contribution in [2.75, 3.05) is 11.5 Å². The van der Waals surface area contributed by atoms with Gasteiger partial charge < -0.3 is 4.74 Å². The van der Waals surface area contributed by atoms with Crippen LogP contribution in [0.15, 0.2) is 0 Å². The Labute approximate surface area is 80.8 Å². The molecule has 11 heavy (non-hydrogen) atoms. The lowest BCUT2D eigenvalue weighted by Gasteiger charge is -1.87. The van der Waals surface area contributed by atoms with Gasteiger partial charge >= 0.3 is 5.97 Å². The molecule has 0 bridgehead atoms. The van der Waals surface area contributed by atoms with Crippen LogP contribution in [0.4, 0.5) is 0 Å². The normalized spacial score (nSPS) is 8.18. The van der Waals surface area contributed by atoms with Gasteiger partial charge in [-0.1, -0.05) is 28.5 Å². The van der Waals surface area contributed by atoms with Gasteiger partial charge in [-0.2, -0.15) is 0 Å². The molecule has 0 N–H and O–H groups in total. The van der Waals surface area contributed by atoms with Crippen LogP contribution < -0.4 is 0 Å². The second kappa shape index (κ2) is 7.86. The first-order valence-electron chi connectivity index (χ1n) is 3.44. The molecular formula is C8H11IO2. The molecule has 3 heteroatoms. The molecular weight excluding hydrogens is 255 g/mol. The van der Waals surface area contributed by atoms with E-state index in [1.165, 1.54) is 7.11 Å². The Bertz CT molecular complexity index is 167. The Morgan fingerprint density at radius 2 is 2.27 bits per heavy atom. The summed E-state index contributed by atoms with van der Waals surface area (Å²) < 4.78 is 5.49. The lowest BCUT2D eigenvalue weighted by molar-refractivity contribution is -0.133. The van der Waals surface area contributed by atoms with Crippen LogP contribution in [0.2, 0.25) is 0 Å². The number of rotatable bonds is 3. The first-order chi connectivity index (χ1) is 5.31. The SMILES string of the molecule is COC(=O)C#CCCCCI. The number of hydrogen-bond acceptors (Lipinski definition) is 2. The van der Waals surface area contributed by atoms with Crippen molar-refractivity contribution < 1.29 is 9.53 Å². The number of methoxy groups -OCH3 is 1. The summed E-state index contributed by atoms with van der Waals surface area (Å²) in [6.45, 7) is 0. The maximum absolute atomic E-state index is 10.4. The van der Waals surface area contributed by atoms with Crippen molar-refractivity contribution in [1.29, 1.82) is 0 Å². The first-order valence-corrected chi connectivity index (χ1v) is 4.96. The van der Waals surface area contributed by atoms with Gasteiger partial charge in [0, 0.05) is 12.3 Å². The molecule has 0 aromatic rings. The van der Waals surface area contributed by atoms with Gasteiger partial charge in [-0.15, -0.1) is 0 Å². The van der Waals surface area contributed by atoms with Gasteiger partial charge in [0.15, 0.2) is 0 Å². The second-order valence-corrected chi connectivity index (χ2v) is 3.02. The molecule has 0 aromatic carbocycles. The van der Waals surface area contributed by atoms with Crippen LogP contribution in [0.1, 0.15) is 19.3 Å². The smallest absolute Gasteiger partial charge is 0.384 e. The molecule has 0 amide bonds. The van der Waals surface area contributed by atoms with Gasteiger partial charge in [-0.05, 0) is 17.3 Å². The first kappa shape index (κ1) is 10.8. The fourth-order valence-corrected chi connectivity index (χ4v) is 1.03. The van der Waals surface area contributed by atoms with E-state index < -0.39 is 5.97 Å². The van der Waals surface area contributed by atoms with Crippen molar-refractivity contribution in [2.45, 2.75) is 19.3 Å². The standard InChI is InChI=1S/C8H11IO2/c1-11-8(10)6-4-2-3-5-7-9/h2-3,5,7H2,1H3. The van der Waals surface area contributed by atoms with E-state index in [1.807, 2.05) is 0 Å². The van der Waals surface area contributed by atoms with Gasteiger partial charge in [0.2, 0.25) is 0 Å². The molecule has 0 radical (unpaired) electrons. The minimum absolute atomic E-state index is 0.445. The molecule has 0 aliphatic heterocycles. The molecule has 0 heterocycles. The molecule has 0 rings (SSSR count). The monoisotopic (exact) mass is 266 g/mol. The van der Waals surface area contributed by atoms with Crippen molar-refractivity contribution in [3.63, 3.8) is 0 Å². The van der Waals surface area contributed by atoms with Crippen molar-refractivity contribution in [2.24, 2.45) is 0 Å². The zero-order valence-electron chi connectivity index (χ0n) is 6.52. The van der Waals surface area contributed by atoms with E-state index in [0.717, 1.165) is 23.7 Å². The summed E-state index contributed by atoms with van der Waals surface area (Å²) in [4.78, 5) is 10.4. The zero-order chi connectivity index (χ0) is 8.53. The number of ether oxygens (including phenoxy) is 1. The number of unbranched alkanes of at least 4 members (excludes halogenated alkanes) is 2. The van der Waals surface area contributed by atoms with Crippen molar-refractivity contribution in [3.8, 4) is 11.8 Å². The summed E-state index contributed by atoms with van der Waals surface area (Å²) in [5.41, 5.74) is 0. The highest BCUT2D eigenvalue weighted by Crippen LogP contribution is 1.96. The maximum Gasteiger partial charge on any atom is 0.384 e. The molecule has 0 aliphatic carbocycles. The third kappa shape index (κ3) is 7.66. The summed E-state index contributed by atoms with van der Waals surface area (Å²) in [6.07, 6.45) is 3.02. The van der Waals surface area contributed by atoms with Gasteiger partial charge in [-0.25, -0.2) is 4.79 Å². The highest BCUT2D eigenvalue weighted by Gasteiger charge is 1.87. The second-order valence-electron chi connectivity index (χ2n) is 1.94. The van der Waals surface area contributed by atoms with E-state index in [4.69, 9.17) is 0 Å². The molecule has 0 unspecified atom stereocenters. The fraction of sp³-hybridized carbons (Fsp3) is 0.625. The molecule has 0 fully saturated rings. The summed E-state index contributed by atoms with van der Waals surface area (Å²) in [5, 5.41) is 0. The number of carbonyl (C=O) groups is 1. The van der Waals surface area contributed by atoms with Crippen LogP contribution in [-0.4, -0.2) is 17.5 Å². The van der Waals surface area contributed by atoms with Gasteiger partial charge in [0.05, 0.1) is 7.11 Å². The van der Waals surface area contributed by atoms with Gasteiger partial charge in [0.25, 0.3) is 0 Å². The average Bonchev–Trinajstić information content (AvgIpc) is 2.04. The van der Waals surface area contributed by atoms with E-state index in [0.29, 0.717) is 0 Å². The summed E-state index contributed by atoms with van der Waals surface area (Å²) in [6, 6.07) is 0. The Kier molecular flexibility index (Phi) is 7.69. The van der Waals surface area contributed by atoms with Gasteiger partial charge in [-0.3, -0.25) is 0 Å². The predicted octanol–water partition coefficient (Wildman–Crippen LogP) is 1.77. The molecule has 0 saturated heterocycles. The Balaban J connectivity index is 3.32. The minimum Gasteiger partial charge on any atom is -0.459 e. The molecule has 2 nitrogen and oxygen atoms in total. The zero-order valence-corrected chi connectivity index (χ0v) is 8.68. The van der Waals surface area contributed by atoms with E-state index in [2.05, 4.69) is 39.2 Å². The van der Waals surface area contributed by atoms with E-state index in [1.54, 1.807) is 0 Å². The van der Waals surface area contributed by atoms with Crippen LogP contribution in [-0.2, 0) is 9.53 Å². The maximum atomic E-state index is 10.4. The lowest BCUT2D eigenvalue weighted by Crippen LogP contribution is -1.94. The number of esters is 1. The van der Waals surface area contributed by atoms with Crippen LogP contribution in [0, 0.1) is 11.8 Å². The Hall–Kier alpha value is -0.240. The quantitative estimate of drug-likeness (QED) is 0.194. The van der Waals surface area contributed by atoms with Crippen LogP contribution >= 0.6 is 22.6 Å². The van der Waals surface area contributed by atoms with E-state index in [9.17, 15) is 4.79 Å². The van der Waals surface area contributed by atoms with Crippen molar-refractivity contribution in [3.05, 3.63) is 0 Å². The molecule has 0 saturated carbocycles. The Morgan fingerprint density at radius 1 is 1.55 bits per heavy atom. The third-order valence-electron chi connectivity index (χ3n) is 1.06. The van der Waals surface area contributed by atoms with Crippen LogP contribution in [0.5, 0.6) is 0 Å². The molecule has 0 atom stereocenters. The molecule has 0 aromatic heterocycles. The van der Waals surface area contributed by atoms with Gasteiger partial charge in [0.1, 0.15) is 0 Å². The predicted molar refractivity (Wildman–Crippen MR) is 52.5 cm³/mol. The molecule has 62 valence electrons. The minimum atomic E-state index is -0.445. The van der Waals surface area contributed by atoms with E-state index in [-0.39, 0.29) is 0 Å². The lowest BCUT2D eigenvalue weighted by atomic mass is 10.2. The Morgan fingerprint density at radius 3 is 2.82 bits per heavy atom. The summed E-state index contributed by atoms with van der Waals surface area (Å²) in [7, 11) is 1.34. The molecule has 0 spiro atoms. The topological polar surface area (TPSA) is 26.3 Å². The molecule has 0 aliphatic rings. The summed E-state index contributed by atoms with van der Waals surface area (Å²) >= 11 is 2.32. The average molecular weight is 266 g/mol. The third-order valence-corrected chi connectivity index (χ3v) is 1.82. The number of alkyl halides is 1. The van der Waals surface area contributed by atoms with Crippen LogP contribution in [0.3, 0.4) is 0 Å². The number of carbonyl (C=O) groups excluding carboxylic acids is 1.